The highest BCUT2D eigenvalue weighted by Gasteiger charge is 2.09. The molecule has 0 radical (unpaired) electrons. The van der Waals surface area contributed by atoms with Crippen LogP contribution in [-0.2, 0) is 9.47 Å². The molecule has 0 aromatic carbocycles. The normalized spacial score (nSPS) is 17.5. The highest BCUT2D eigenvalue weighted by atomic mass is 16.5. The summed E-state index contributed by atoms with van der Waals surface area (Å²) in [6.45, 7) is 9.65. The van der Waals surface area contributed by atoms with E-state index in [1.807, 2.05) is 6.92 Å². The quantitative estimate of drug-likeness (QED) is 0.176. The van der Waals surface area contributed by atoms with Gasteiger partial charge in [0.05, 0.1) is 13.2 Å². The molecule has 19 heavy (non-hydrogen) atoms. The van der Waals surface area contributed by atoms with Crippen molar-refractivity contribution < 1.29 is 9.47 Å². The van der Waals surface area contributed by atoms with Gasteiger partial charge in [0.2, 0.25) is 5.96 Å². The fourth-order valence-electron chi connectivity index (χ4n) is 1.81. The van der Waals surface area contributed by atoms with Crippen LogP contribution in [0.15, 0.2) is 4.99 Å². The van der Waals surface area contributed by atoms with E-state index in [1.165, 1.54) is 0 Å². The number of morpholine rings is 1. The van der Waals surface area contributed by atoms with Crippen LogP contribution in [0.1, 0.15) is 13.3 Å². The topological polar surface area (TPSA) is 84.1 Å². The Morgan fingerprint density at radius 3 is 2.89 bits per heavy atom. The number of hydrazine groups is 1. The third-order valence-corrected chi connectivity index (χ3v) is 2.88. The van der Waals surface area contributed by atoms with Gasteiger partial charge in [0.25, 0.3) is 0 Å². The molecule has 0 aromatic heterocycles. The van der Waals surface area contributed by atoms with E-state index in [2.05, 4.69) is 20.6 Å². The fourth-order valence-corrected chi connectivity index (χ4v) is 1.81. The van der Waals surface area contributed by atoms with Gasteiger partial charge in [-0.25, -0.2) is 5.84 Å². The highest BCUT2D eigenvalue weighted by Crippen LogP contribution is 1.94. The van der Waals surface area contributed by atoms with E-state index in [0.717, 1.165) is 59.0 Å². The molecule has 0 spiro atoms. The zero-order valence-corrected chi connectivity index (χ0v) is 11.9. The lowest BCUT2D eigenvalue weighted by molar-refractivity contribution is 0.0389. The molecular weight excluding hydrogens is 246 g/mol. The third kappa shape index (κ3) is 7.99. The molecule has 112 valence electrons. The van der Waals surface area contributed by atoms with Crippen LogP contribution in [-0.4, -0.2) is 70.0 Å². The predicted octanol–water partition coefficient (Wildman–Crippen LogP) is -0.846. The largest absolute Gasteiger partial charge is 0.382 e. The van der Waals surface area contributed by atoms with Crippen molar-refractivity contribution in [3.63, 3.8) is 0 Å². The number of rotatable bonds is 8. The maximum atomic E-state index is 5.42. The lowest BCUT2D eigenvalue weighted by Gasteiger charge is -2.26. The summed E-state index contributed by atoms with van der Waals surface area (Å²) in [7, 11) is 0. The Morgan fingerprint density at radius 1 is 1.42 bits per heavy atom. The van der Waals surface area contributed by atoms with E-state index in [9.17, 15) is 0 Å². The van der Waals surface area contributed by atoms with Crippen LogP contribution in [0.4, 0.5) is 0 Å². The van der Waals surface area contributed by atoms with Crippen LogP contribution in [0.25, 0.3) is 0 Å². The minimum atomic E-state index is 0.643. The minimum Gasteiger partial charge on any atom is -0.382 e. The molecule has 7 nitrogen and oxygen atoms in total. The summed E-state index contributed by atoms with van der Waals surface area (Å²) in [5.74, 6) is 6.07. The Labute approximate surface area is 115 Å². The van der Waals surface area contributed by atoms with Crippen molar-refractivity contribution in [3.05, 3.63) is 0 Å². The number of nitrogens with one attached hydrogen (secondary N) is 2. The molecule has 0 aromatic rings. The van der Waals surface area contributed by atoms with Crippen molar-refractivity contribution in [1.82, 2.24) is 15.6 Å². The molecule has 1 aliphatic heterocycles. The van der Waals surface area contributed by atoms with Gasteiger partial charge in [0, 0.05) is 45.9 Å². The first kappa shape index (κ1) is 16.2. The zero-order chi connectivity index (χ0) is 13.8. The van der Waals surface area contributed by atoms with Gasteiger partial charge in [0.1, 0.15) is 0 Å². The Kier molecular flexibility index (Phi) is 9.34. The van der Waals surface area contributed by atoms with Crippen molar-refractivity contribution >= 4 is 5.96 Å². The summed E-state index contributed by atoms with van der Waals surface area (Å²) in [5, 5.41) is 3.20. The summed E-state index contributed by atoms with van der Waals surface area (Å²) in [6, 6.07) is 0. The molecule has 1 saturated heterocycles. The Morgan fingerprint density at radius 2 is 2.21 bits per heavy atom. The summed E-state index contributed by atoms with van der Waals surface area (Å²) in [6.07, 6.45) is 0.907. The number of guanidine groups is 1. The van der Waals surface area contributed by atoms with Gasteiger partial charge in [-0.15, -0.1) is 0 Å². The molecule has 7 heteroatoms. The lowest BCUT2D eigenvalue weighted by Crippen LogP contribution is -2.46. The van der Waals surface area contributed by atoms with Gasteiger partial charge in [0.15, 0.2) is 0 Å². The first-order valence-electron chi connectivity index (χ1n) is 6.99. The fraction of sp³-hybridized carbons (Fsp3) is 0.917. The van der Waals surface area contributed by atoms with E-state index in [1.54, 1.807) is 0 Å². The van der Waals surface area contributed by atoms with Crippen molar-refractivity contribution in [1.29, 1.82) is 0 Å². The zero-order valence-electron chi connectivity index (χ0n) is 11.9. The Bertz CT molecular complexity index is 244. The van der Waals surface area contributed by atoms with Crippen molar-refractivity contribution in [2.45, 2.75) is 13.3 Å². The number of ether oxygens (including phenoxy) is 2. The Balaban J connectivity index is 2.07. The standard InChI is InChI=1S/C12H27N5O2/c1-2-18-9-3-4-14-12(16-13)15-5-6-17-7-10-19-11-8-17/h2-11,13H2,1H3,(H2,14,15,16). The van der Waals surface area contributed by atoms with Crippen LogP contribution < -0.4 is 16.6 Å². The molecule has 1 aliphatic rings. The molecule has 1 heterocycles. The highest BCUT2D eigenvalue weighted by molar-refractivity contribution is 5.79. The van der Waals surface area contributed by atoms with E-state index < -0.39 is 0 Å². The van der Waals surface area contributed by atoms with Gasteiger partial charge in [-0.1, -0.05) is 0 Å². The summed E-state index contributed by atoms with van der Waals surface area (Å²) in [5.41, 5.74) is 2.59. The molecule has 0 unspecified atom stereocenters. The molecular formula is C12H27N5O2. The van der Waals surface area contributed by atoms with Gasteiger partial charge in [-0.2, -0.15) is 0 Å². The average Bonchev–Trinajstić information content (AvgIpc) is 2.46. The predicted molar refractivity (Wildman–Crippen MR) is 76.0 cm³/mol. The second kappa shape index (κ2) is 11.0. The van der Waals surface area contributed by atoms with Gasteiger partial charge >= 0.3 is 0 Å². The summed E-state index contributed by atoms with van der Waals surface area (Å²) in [4.78, 5) is 6.70. The SMILES string of the molecule is CCOCCCN=C(NN)NCCN1CCOCC1. The van der Waals surface area contributed by atoms with Crippen LogP contribution >= 0.6 is 0 Å². The van der Waals surface area contributed by atoms with Crippen LogP contribution in [0.3, 0.4) is 0 Å². The maximum Gasteiger partial charge on any atom is 0.205 e. The summed E-state index contributed by atoms with van der Waals surface area (Å²) < 4.78 is 10.6. The van der Waals surface area contributed by atoms with Gasteiger partial charge in [-0.05, 0) is 13.3 Å². The van der Waals surface area contributed by atoms with Gasteiger partial charge in [-0.3, -0.25) is 15.3 Å². The molecule has 4 N–H and O–H groups in total. The number of nitrogens with zero attached hydrogens (tertiary/aromatic N) is 2. The molecule has 0 atom stereocenters. The van der Waals surface area contributed by atoms with E-state index in [0.29, 0.717) is 12.5 Å². The second-order valence-corrected chi connectivity index (χ2v) is 4.31. The molecule has 0 aliphatic carbocycles. The average molecular weight is 273 g/mol. The van der Waals surface area contributed by atoms with Crippen molar-refractivity contribution in [2.24, 2.45) is 10.8 Å². The number of aliphatic imine (C=N–C) groups is 1. The number of nitrogens with two attached hydrogens (primary N) is 1. The molecule has 0 amide bonds. The van der Waals surface area contributed by atoms with Crippen LogP contribution in [0.2, 0.25) is 0 Å². The second-order valence-electron chi connectivity index (χ2n) is 4.31. The maximum absolute atomic E-state index is 5.42. The molecule has 0 saturated carbocycles. The van der Waals surface area contributed by atoms with Crippen molar-refractivity contribution in [3.8, 4) is 0 Å². The minimum absolute atomic E-state index is 0.643. The molecule has 0 bridgehead atoms. The summed E-state index contributed by atoms with van der Waals surface area (Å²) >= 11 is 0. The van der Waals surface area contributed by atoms with Crippen LogP contribution in [0.5, 0.6) is 0 Å². The van der Waals surface area contributed by atoms with Gasteiger partial charge < -0.3 is 14.8 Å². The first-order chi connectivity index (χ1) is 9.36. The molecule has 1 rings (SSSR count). The van der Waals surface area contributed by atoms with Crippen molar-refractivity contribution in [2.75, 3.05) is 59.2 Å². The van der Waals surface area contributed by atoms with E-state index in [4.69, 9.17) is 15.3 Å². The van der Waals surface area contributed by atoms with E-state index >= 15 is 0 Å². The third-order valence-electron chi connectivity index (χ3n) is 2.88. The monoisotopic (exact) mass is 273 g/mol. The van der Waals surface area contributed by atoms with E-state index in [-0.39, 0.29) is 0 Å². The molecule has 1 fully saturated rings. The smallest absolute Gasteiger partial charge is 0.205 e. The Hall–Kier alpha value is -0.890. The number of hydrogen-bond acceptors (Lipinski definition) is 5. The lowest BCUT2D eigenvalue weighted by atomic mass is 10.4. The first-order valence-corrected chi connectivity index (χ1v) is 6.99. The number of hydrogen-bond donors (Lipinski definition) is 3. The van der Waals surface area contributed by atoms with Crippen LogP contribution in [0, 0.1) is 0 Å².